The third-order valence-corrected chi connectivity index (χ3v) is 5.25. The summed E-state index contributed by atoms with van der Waals surface area (Å²) in [5, 5.41) is 3.40. The van der Waals surface area contributed by atoms with E-state index >= 15 is 0 Å². The summed E-state index contributed by atoms with van der Waals surface area (Å²) in [7, 11) is 1.69. The van der Waals surface area contributed by atoms with Crippen molar-refractivity contribution in [2.75, 3.05) is 25.5 Å². The van der Waals surface area contributed by atoms with Crippen molar-refractivity contribution in [3.05, 3.63) is 53.9 Å². The van der Waals surface area contributed by atoms with Crippen LogP contribution in [0.2, 0.25) is 0 Å². The van der Waals surface area contributed by atoms with E-state index in [1.165, 1.54) is 6.42 Å². The summed E-state index contributed by atoms with van der Waals surface area (Å²) in [6.07, 6.45) is 6.95. The number of carbonyl (C=O) groups excluding carboxylic acids is 1. The number of rotatable bonds is 7. The summed E-state index contributed by atoms with van der Waals surface area (Å²) >= 11 is 0. The van der Waals surface area contributed by atoms with Crippen LogP contribution in [0.3, 0.4) is 0 Å². The third-order valence-electron chi connectivity index (χ3n) is 5.25. The predicted octanol–water partition coefficient (Wildman–Crippen LogP) is 4.15. The number of piperidine rings is 1. The average Bonchev–Trinajstić information content (AvgIpc) is 2.73. The van der Waals surface area contributed by atoms with E-state index in [0.717, 1.165) is 55.8 Å². The Morgan fingerprint density at radius 3 is 2.96 bits per heavy atom. The van der Waals surface area contributed by atoms with Gasteiger partial charge in [-0.05, 0) is 55.9 Å². The van der Waals surface area contributed by atoms with Crippen LogP contribution in [0.25, 0.3) is 0 Å². The van der Waals surface area contributed by atoms with Crippen LogP contribution in [0.15, 0.2) is 42.6 Å². The molecule has 1 aliphatic heterocycles. The fourth-order valence-corrected chi connectivity index (χ4v) is 3.75. The summed E-state index contributed by atoms with van der Waals surface area (Å²) in [6, 6.07) is 12.2. The van der Waals surface area contributed by atoms with Crippen molar-refractivity contribution in [3.63, 3.8) is 0 Å². The molecular formula is C22H29N3O2. The fourth-order valence-electron chi connectivity index (χ4n) is 3.75. The van der Waals surface area contributed by atoms with Crippen LogP contribution in [0.4, 0.5) is 5.69 Å². The van der Waals surface area contributed by atoms with Crippen LogP contribution in [0, 0.1) is 0 Å². The van der Waals surface area contributed by atoms with Crippen molar-refractivity contribution in [1.82, 2.24) is 9.88 Å². The van der Waals surface area contributed by atoms with E-state index < -0.39 is 0 Å². The smallest absolute Gasteiger partial charge is 0.272 e. The van der Waals surface area contributed by atoms with E-state index in [-0.39, 0.29) is 5.91 Å². The normalized spacial score (nSPS) is 16.8. The van der Waals surface area contributed by atoms with Gasteiger partial charge in [0, 0.05) is 31.0 Å². The van der Waals surface area contributed by atoms with Crippen molar-refractivity contribution in [3.8, 4) is 5.75 Å². The lowest BCUT2D eigenvalue weighted by Crippen LogP contribution is -2.43. The van der Waals surface area contributed by atoms with Gasteiger partial charge in [-0.25, -0.2) is 0 Å². The molecule has 1 atom stereocenters. The minimum Gasteiger partial charge on any atom is -0.496 e. The first-order valence-corrected chi connectivity index (χ1v) is 9.85. The molecule has 1 N–H and O–H groups in total. The molecule has 5 heteroatoms. The maximum atomic E-state index is 12.9. The van der Waals surface area contributed by atoms with Gasteiger partial charge in [0.2, 0.25) is 0 Å². The lowest BCUT2D eigenvalue weighted by atomic mass is 9.99. The quantitative estimate of drug-likeness (QED) is 0.799. The molecule has 1 saturated heterocycles. The Labute approximate surface area is 161 Å². The molecule has 0 radical (unpaired) electrons. The number of benzene rings is 1. The molecule has 2 aromatic rings. The van der Waals surface area contributed by atoms with Crippen LogP contribution in [0.5, 0.6) is 5.75 Å². The van der Waals surface area contributed by atoms with E-state index in [0.29, 0.717) is 11.7 Å². The van der Waals surface area contributed by atoms with Gasteiger partial charge in [0.25, 0.3) is 5.91 Å². The molecular weight excluding hydrogens is 338 g/mol. The molecule has 0 bridgehead atoms. The number of likely N-dealkylation sites (tertiary alicyclic amines) is 1. The zero-order valence-corrected chi connectivity index (χ0v) is 16.3. The molecule has 144 valence electrons. The number of nitrogens with zero attached hydrogens (tertiary/aromatic N) is 2. The second-order valence-corrected chi connectivity index (χ2v) is 6.97. The molecule has 1 unspecified atom stereocenters. The van der Waals surface area contributed by atoms with Crippen LogP contribution in [0.1, 0.15) is 48.7 Å². The predicted molar refractivity (Wildman–Crippen MR) is 108 cm³/mol. The number of hydrogen-bond donors (Lipinski definition) is 1. The fraction of sp³-hybridized carbons (Fsp3) is 0.455. The Morgan fingerprint density at radius 1 is 1.30 bits per heavy atom. The van der Waals surface area contributed by atoms with Gasteiger partial charge in [-0.2, -0.15) is 0 Å². The van der Waals surface area contributed by atoms with Gasteiger partial charge in [-0.3, -0.25) is 9.78 Å². The molecule has 0 spiro atoms. The van der Waals surface area contributed by atoms with E-state index in [2.05, 4.69) is 23.3 Å². The topological polar surface area (TPSA) is 54.5 Å². The minimum absolute atomic E-state index is 0.0509. The van der Waals surface area contributed by atoms with Gasteiger partial charge in [0.05, 0.1) is 7.11 Å². The first-order valence-electron chi connectivity index (χ1n) is 9.85. The van der Waals surface area contributed by atoms with E-state index in [9.17, 15) is 4.79 Å². The molecule has 1 aliphatic rings. The van der Waals surface area contributed by atoms with E-state index in [1.54, 1.807) is 13.3 Å². The number of nitrogens with one attached hydrogen (secondary N) is 1. The van der Waals surface area contributed by atoms with Crippen molar-refractivity contribution in [1.29, 1.82) is 0 Å². The maximum absolute atomic E-state index is 12.9. The number of anilines is 1. The van der Waals surface area contributed by atoms with Gasteiger partial charge in [0.1, 0.15) is 11.4 Å². The average molecular weight is 367 g/mol. The van der Waals surface area contributed by atoms with Crippen LogP contribution < -0.4 is 10.1 Å². The first kappa shape index (κ1) is 19.2. The van der Waals surface area contributed by atoms with Gasteiger partial charge >= 0.3 is 0 Å². The Morgan fingerprint density at radius 2 is 2.15 bits per heavy atom. The van der Waals surface area contributed by atoms with E-state index in [4.69, 9.17) is 4.74 Å². The van der Waals surface area contributed by atoms with Crippen molar-refractivity contribution in [2.45, 2.75) is 45.1 Å². The van der Waals surface area contributed by atoms with Gasteiger partial charge < -0.3 is 15.0 Å². The zero-order valence-electron chi connectivity index (χ0n) is 16.3. The van der Waals surface area contributed by atoms with Gasteiger partial charge in [-0.1, -0.05) is 25.1 Å². The number of ether oxygens (including phenoxy) is 1. The molecule has 1 aromatic carbocycles. The molecule has 1 amide bonds. The molecule has 0 saturated carbocycles. The Kier molecular flexibility index (Phi) is 6.69. The summed E-state index contributed by atoms with van der Waals surface area (Å²) in [6.45, 7) is 3.75. The third kappa shape index (κ3) is 4.79. The maximum Gasteiger partial charge on any atom is 0.272 e. The molecule has 2 heterocycles. The number of para-hydroxylation sites is 1. The second-order valence-electron chi connectivity index (χ2n) is 6.97. The highest BCUT2D eigenvalue weighted by molar-refractivity contribution is 5.93. The molecule has 0 aliphatic carbocycles. The largest absolute Gasteiger partial charge is 0.496 e. The number of aromatic nitrogens is 1. The molecule has 1 fully saturated rings. The van der Waals surface area contributed by atoms with Crippen molar-refractivity contribution >= 4 is 11.6 Å². The summed E-state index contributed by atoms with van der Waals surface area (Å²) < 4.78 is 5.40. The molecule has 1 aromatic heterocycles. The van der Waals surface area contributed by atoms with Crippen LogP contribution in [-0.4, -0.2) is 42.0 Å². The van der Waals surface area contributed by atoms with Crippen molar-refractivity contribution in [2.24, 2.45) is 0 Å². The standard InChI is InChI=1S/C22H29N3O2/c1-3-19-9-6-7-15-25(19)22(26)20-16-18(12-14-24-20)23-13-11-17-8-4-5-10-21(17)27-2/h4-5,8,10,12,14,16,19H,3,6-7,9,11,13,15H2,1-2H3,(H,23,24). The Hall–Kier alpha value is -2.56. The van der Waals surface area contributed by atoms with Crippen LogP contribution >= 0.6 is 0 Å². The first-order chi connectivity index (χ1) is 13.2. The second kappa shape index (κ2) is 9.40. The highest BCUT2D eigenvalue weighted by atomic mass is 16.5. The van der Waals surface area contributed by atoms with Crippen molar-refractivity contribution < 1.29 is 9.53 Å². The molecule has 27 heavy (non-hydrogen) atoms. The summed E-state index contributed by atoms with van der Waals surface area (Å²) in [5.74, 6) is 0.954. The Balaban J connectivity index is 1.62. The number of pyridine rings is 1. The SMILES string of the molecule is CCC1CCCCN1C(=O)c1cc(NCCc2ccccc2OC)ccn1. The lowest BCUT2D eigenvalue weighted by Gasteiger charge is -2.35. The highest BCUT2D eigenvalue weighted by Gasteiger charge is 2.26. The zero-order chi connectivity index (χ0) is 19.1. The number of amides is 1. The monoisotopic (exact) mass is 367 g/mol. The highest BCUT2D eigenvalue weighted by Crippen LogP contribution is 2.22. The van der Waals surface area contributed by atoms with E-state index in [1.807, 2.05) is 35.2 Å². The van der Waals surface area contributed by atoms with Gasteiger partial charge in [0.15, 0.2) is 0 Å². The lowest BCUT2D eigenvalue weighted by molar-refractivity contribution is 0.0602. The minimum atomic E-state index is 0.0509. The number of hydrogen-bond acceptors (Lipinski definition) is 4. The number of methoxy groups -OCH3 is 1. The van der Waals surface area contributed by atoms with Crippen LogP contribution in [-0.2, 0) is 6.42 Å². The molecule has 3 rings (SSSR count). The summed E-state index contributed by atoms with van der Waals surface area (Å²) in [4.78, 5) is 19.2. The number of carbonyl (C=O) groups is 1. The molecule has 5 nitrogen and oxygen atoms in total. The Bertz CT molecular complexity index is 763. The summed E-state index contributed by atoms with van der Waals surface area (Å²) in [5.41, 5.74) is 2.61. The van der Waals surface area contributed by atoms with Gasteiger partial charge in [-0.15, -0.1) is 0 Å².